The summed E-state index contributed by atoms with van der Waals surface area (Å²) in [7, 11) is 4.61. The van der Waals surface area contributed by atoms with Crippen LogP contribution in [0, 0.1) is 34.5 Å². The van der Waals surface area contributed by atoms with E-state index in [4.69, 9.17) is 18.9 Å². The van der Waals surface area contributed by atoms with Crippen LogP contribution in [-0.2, 0) is 38.1 Å². The van der Waals surface area contributed by atoms with E-state index in [9.17, 15) is 19.2 Å². The van der Waals surface area contributed by atoms with E-state index in [1.165, 1.54) is 26.0 Å². The van der Waals surface area contributed by atoms with Gasteiger partial charge in [0.2, 0.25) is 10.8 Å². The van der Waals surface area contributed by atoms with E-state index < -0.39 is 39.5 Å². The Morgan fingerprint density at radius 1 is 0.667 bits per heavy atom. The van der Waals surface area contributed by atoms with Crippen molar-refractivity contribution in [1.82, 2.24) is 0 Å². The van der Waals surface area contributed by atoms with Crippen LogP contribution in [0.15, 0.2) is 0 Å². The Balaban J connectivity index is 2.05. The minimum atomic E-state index is -2.17. The minimum Gasteiger partial charge on any atom is -0.468 e. The van der Waals surface area contributed by atoms with Crippen molar-refractivity contribution in [3.8, 4) is 0 Å². The second-order valence-electron chi connectivity index (χ2n) is 9.01. The van der Waals surface area contributed by atoms with Crippen LogP contribution in [-0.4, -0.2) is 62.8 Å². The quantitative estimate of drug-likeness (QED) is 0.366. The molecule has 4 bridgehead atoms. The number of hydrogen-bond acceptors (Lipinski definition) is 9. The maximum Gasteiger partial charge on any atom is 0.326 e. The number of thioether (sulfide) groups is 1. The second kappa shape index (κ2) is 7.14. The Morgan fingerprint density at radius 3 is 1.43 bits per heavy atom. The zero-order valence-electron chi connectivity index (χ0n) is 17.7. The van der Waals surface area contributed by atoms with E-state index in [2.05, 4.69) is 0 Å². The van der Waals surface area contributed by atoms with Crippen LogP contribution < -0.4 is 0 Å². The summed E-state index contributed by atoms with van der Waals surface area (Å²) >= 11 is 1.37. The molecule has 1 aliphatic heterocycles. The minimum absolute atomic E-state index is 0.00635. The molecule has 0 aromatic carbocycles. The molecule has 0 radical (unpaired) electrons. The smallest absolute Gasteiger partial charge is 0.326 e. The van der Waals surface area contributed by atoms with Gasteiger partial charge in [-0.3, -0.25) is 19.2 Å². The van der Waals surface area contributed by atoms with E-state index in [1.807, 2.05) is 0 Å². The highest BCUT2D eigenvalue weighted by molar-refractivity contribution is 8.01. The first kappa shape index (κ1) is 21.5. The van der Waals surface area contributed by atoms with Gasteiger partial charge in [0.1, 0.15) is 0 Å². The van der Waals surface area contributed by atoms with Crippen molar-refractivity contribution in [2.24, 2.45) is 34.5 Å². The fourth-order valence-corrected chi connectivity index (χ4v) is 9.74. The van der Waals surface area contributed by atoms with Gasteiger partial charge < -0.3 is 18.9 Å². The van der Waals surface area contributed by atoms with Crippen LogP contribution in [0.25, 0.3) is 0 Å². The lowest BCUT2D eigenvalue weighted by Gasteiger charge is -2.63. The van der Waals surface area contributed by atoms with Crippen molar-refractivity contribution < 1.29 is 38.1 Å². The molecule has 5 aliphatic rings. The molecule has 0 aromatic heterocycles. The van der Waals surface area contributed by atoms with E-state index in [0.29, 0.717) is 11.8 Å². The standard InChI is InChI=1S/C21H28O8S/c1-26-15(22)19(16(23)27-2)10-30-21(20(19,17(24)28-3)18(25)29-4)13-6-11-5-12(8-13)9-14(21)7-11/h11-14H,5-10H2,1-4H3. The molecule has 0 aromatic rings. The van der Waals surface area contributed by atoms with Gasteiger partial charge in [-0.25, -0.2) is 0 Å². The fourth-order valence-electron chi connectivity index (χ4n) is 7.42. The maximum atomic E-state index is 13.6. The van der Waals surface area contributed by atoms with Crippen LogP contribution in [0.3, 0.4) is 0 Å². The van der Waals surface area contributed by atoms with Gasteiger partial charge in [-0.2, -0.15) is 11.8 Å². The molecule has 1 spiro atoms. The van der Waals surface area contributed by atoms with Gasteiger partial charge in [0.25, 0.3) is 0 Å². The van der Waals surface area contributed by atoms with Gasteiger partial charge in [-0.15, -0.1) is 0 Å². The lowest BCUT2D eigenvalue weighted by Crippen LogP contribution is -2.73. The second-order valence-corrected chi connectivity index (χ2v) is 10.3. The Bertz CT molecular complexity index is 730. The van der Waals surface area contributed by atoms with Gasteiger partial charge in [0.05, 0.1) is 33.2 Å². The molecule has 5 rings (SSSR count). The lowest BCUT2D eigenvalue weighted by molar-refractivity contribution is -0.209. The largest absolute Gasteiger partial charge is 0.468 e. The molecule has 30 heavy (non-hydrogen) atoms. The maximum absolute atomic E-state index is 13.6. The van der Waals surface area contributed by atoms with Crippen molar-refractivity contribution in [2.45, 2.75) is 36.9 Å². The molecule has 0 unspecified atom stereocenters. The summed E-state index contributed by atoms with van der Waals surface area (Å²) in [6.07, 6.45) is 4.58. The van der Waals surface area contributed by atoms with Gasteiger partial charge in [-0.1, -0.05) is 0 Å². The van der Waals surface area contributed by atoms with Crippen molar-refractivity contribution in [3.05, 3.63) is 0 Å². The molecule has 166 valence electrons. The first-order chi connectivity index (χ1) is 14.3. The molecule has 9 heteroatoms. The number of hydrogen-bond donors (Lipinski definition) is 0. The van der Waals surface area contributed by atoms with E-state index in [-0.39, 0.29) is 17.6 Å². The molecule has 1 heterocycles. The highest BCUT2D eigenvalue weighted by Gasteiger charge is 2.88. The first-order valence-corrected chi connectivity index (χ1v) is 11.3. The zero-order chi connectivity index (χ0) is 21.9. The Kier molecular flexibility index (Phi) is 5.11. The normalized spacial score (nSPS) is 36.9. The summed E-state index contributed by atoms with van der Waals surface area (Å²) in [6.45, 7) is 0. The Hall–Kier alpha value is -1.77. The molecule has 4 aliphatic carbocycles. The highest BCUT2D eigenvalue weighted by atomic mass is 32.2. The molecular weight excluding hydrogens is 412 g/mol. The van der Waals surface area contributed by atoms with E-state index in [0.717, 1.165) is 46.3 Å². The molecule has 5 fully saturated rings. The van der Waals surface area contributed by atoms with E-state index >= 15 is 0 Å². The summed E-state index contributed by atoms with van der Waals surface area (Å²) < 4.78 is 19.4. The predicted molar refractivity (Wildman–Crippen MR) is 105 cm³/mol. The van der Waals surface area contributed by atoms with Gasteiger partial charge in [0.15, 0.2) is 0 Å². The zero-order valence-corrected chi connectivity index (χ0v) is 18.5. The number of carbonyl (C=O) groups excluding carboxylic acids is 4. The number of methoxy groups -OCH3 is 4. The van der Waals surface area contributed by atoms with Crippen molar-refractivity contribution in [1.29, 1.82) is 0 Å². The summed E-state index contributed by atoms with van der Waals surface area (Å²) in [4.78, 5) is 53.8. The summed E-state index contributed by atoms with van der Waals surface area (Å²) in [5.41, 5.74) is -4.34. The molecule has 0 amide bonds. The van der Waals surface area contributed by atoms with Crippen molar-refractivity contribution in [3.63, 3.8) is 0 Å². The summed E-state index contributed by atoms with van der Waals surface area (Å²) in [5, 5.41) is 0. The molecule has 8 nitrogen and oxygen atoms in total. The first-order valence-electron chi connectivity index (χ1n) is 10.3. The molecule has 0 atom stereocenters. The number of carbonyl (C=O) groups is 4. The number of esters is 4. The Morgan fingerprint density at radius 2 is 1.07 bits per heavy atom. The van der Waals surface area contributed by atoms with E-state index in [1.54, 1.807) is 0 Å². The van der Waals surface area contributed by atoms with Gasteiger partial charge >= 0.3 is 23.9 Å². The molecular formula is C21H28O8S. The third-order valence-corrected chi connectivity index (χ3v) is 10.2. The van der Waals surface area contributed by atoms with Crippen LogP contribution in [0.2, 0.25) is 0 Å². The number of ether oxygens (including phenoxy) is 4. The van der Waals surface area contributed by atoms with Crippen LogP contribution in [0.5, 0.6) is 0 Å². The molecule has 0 N–H and O–H groups in total. The summed E-state index contributed by atoms with van der Waals surface area (Å²) in [6, 6.07) is 0. The average molecular weight is 441 g/mol. The van der Waals surface area contributed by atoms with Crippen LogP contribution in [0.4, 0.5) is 0 Å². The molecule has 1 saturated heterocycles. The summed E-state index contributed by atoms with van der Waals surface area (Å²) in [5.74, 6) is -2.83. The average Bonchev–Trinajstić information content (AvgIpc) is 3.08. The van der Waals surface area contributed by atoms with Crippen molar-refractivity contribution in [2.75, 3.05) is 34.2 Å². The van der Waals surface area contributed by atoms with Crippen LogP contribution in [0.1, 0.15) is 32.1 Å². The van der Waals surface area contributed by atoms with Gasteiger partial charge in [0, 0.05) is 5.75 Å². The monoisotopic (exact) mass is 440 g/mol. The van der Waals surface area contributed by atoms with Crippen LogP contribution >= 0.6 is 11.8 Å². The predicted octanol–water partition coefficient (Wildman–Crippen LogP) is 1.59. The number of rotatable bonds is 4. The Labute approximate surface area is 179 Å². The lowest BCUT2D eigenvalue weighted by atomic mass is 9.42. The topological polar surface area (TPSA) is 105 Å². The third kappa shape index (κ3) is 2.19. The highest BCUT2D eigenvalue weighted by Crippen LogP contribution is 2.76. The SMILES string of the molecule is COC(=O)C1(C(=O)OC)CSC2(C3CC4CC(C3)CC2C4)C1(C(=O)OC)C(=O)OC. The van der Waals surface area contributed by atoms with Crippen molar-refractivity contribution >= 4 is 35.6 Å². The fraction of sp³-hybridized carbons (Fsp3) is 0.810. The third-order valence-electron chi connectivity index (χ3n) is 8.16. The molecule has 4 saturated carbocycles. The van der Waals surface area contributed by atoms with Gasteiger partial charge in [-0.05, 0) is 55.8 Å².